The van der Waals surface area contributed by atoms with Crippen molar-refractivity contribution in [2.45, 2.75) is 58.4 Å². The highest BCUT2D eigenvalue weighted by Crippen LogP contribution is 2.41. The van der Waals surface area contributed by atoms with Crippen LogP contribution < -0.4 is 9.47 Å². The first-order chi connectivity index (χ1) is 17.7. The summed E-state index contributed by atoms with van der Waals surface area (Å²) in [5, 5.41) is 9.74. The van der Waals surface area contributed by atoms with E-state index in [1.807, 2.05) is 0 Å². The van der Waals surface area contributed by atoms with Gasteiger partial charge in [-0.1, -0.05) is 6.92 Å². The van der Waals surface area contributed by atoms with Crippen molar-refractivity contribution in [3.63, 3.8) is 0 Å². The van der Waals surface area contributed by atoms with Gasteiger partial charge >= 0.3 is 6.18 Å². The molecule has 4 nitrogen and oxygen atoms in total. The molecule has 0 bridgehead atoms. The quantitative estimate of drug-likeness (QED) is 0.312. The van der Waals surface area contributed by atoms with Crippen LogP contribution in [0.5, 0.6) is 11.6 Å². The number of ether oxygens (including phenoxy) is 2. The van der Waals surface area contributed by atoms with Crippen LogP contribution in [0.2, 0.25) is 0 Å². The highest BCUT2D eigenvalue weighted by molar-refractivity contribution is 5.71. The van der Waals surface area contributed by atoms with E-state index in [0.717, 1.165) is 42.2 Å². The van der Waals surface area contributed by atoms with Crippen LogP contribution in [-0.2, 0) is 25.6 Å². The summed E-state index contributed by atoms with van der Waals surface area (Å²) < 4.78 is 96.8. The van der Waals surface area contributed by atoms with Crippen LogP contribution in [0.3, 0.4) is 0 Å². The Bertz CT molecular complexity index is 1310. The molecule has 0 fully saturated rings. The first-order valence-corrected chi connectivity index (χ1v) is 12.1. The van der Waals surface area contributed by atoms with Crippen molar-refractivity contribution in [1.29, 1.82) is 0 Å². The molecule has 10 heteroatoms. The highest BCUT2D eigenvalue weighted by Gasteiger charge is 2.36. The molecule has 1 atom stereocenters. The molecule has 1 aliphatic carbocycles. The molecule has 4 rings (SSSR count). The number of alkyl halides is 3. The zero-order valence-corrected chi connectivity index (χ0v) is 21.1. The largest absolute Gasteiger partial charge is 0.493 e. The van der Waals surface area contributed by atoms with E-state index in [4.69, 9.17) is 9.47 Å². The molecule has 0 amide bonds. The zero-order valence-electron chi connectivity index (χ0n) is 21.1. The Morgan fingerprint density at radius 1 is 0.921 bits per heavy atom. The van der Waals surface area contributed by atoms with Crippen LogP contribution in [0, 0.1) is 23.4 Å². The van der Waals surface area contributed by atoms with E-state index >= 15 is 0 Å². The number of pyridine rings is 1. The standard InChI is InChI=1S/C28H27F6NO3/c1-15-6-16-9-25(35-13-17(16)7-15)38-14-18-8-20(21(12-22(18)29)28(32,33)34)26-23(30)10-19(11-24(26)31)37-5-4-27(2,3)36/h8-13,15,36H,4-7,14H2,1-3H3/t15-/m0/s1. The maximum absolute atomic E-state index is 15.0. The number of hydrogen-bond donors (Lipinski definition) is 1. The summed E-state index contributed by atoms with van der Waals surface area (Å²) in [6, 6.07) is 4.15. The summed E-state index contributed by atoms with van der Waals surface area (Å²) in [5.74, 6) is -3.51. The minimum atomic E-state index is -5.09. The highest BCUT2D eigenvalue weighted by atomic mass is 19.4. The lowest BCUT2D eigenvalue weighted by Crippen LogP contribution is -2.21. The molecule has 204 valence electrons. The van der Waals surface area contributed by atoms with Crippen molar-refractivity contribution < 1.29 is 40.9 Å². The number of benzene rings is 2. The number of fused-ring (bicyclic) bond motifs is 1. The molecule has 0 saturated carbocycles. The van der Waals surface area contributed by atoms with Crippen molar-refractivity contribution >= 4 is 0 Å². The third-order valence-corrected chi connectivity index (χ3v) is 6.33. The first kappa shape index (κ1) is 27.8. The normalized spacial score (nSPS) is 15.5. The summed E-state index contributed by atoms with van der Waals surface area (Å²) in [6.07, 6.45) is -1.59. The topological polar surface area (TPSA) is 51.6 Å². The smallest absolute Gasteiger partial charge is 0.417 e. The van der Waals surface area contributed by atoms with E-state index in [-0.39, 0.29) is 36.3 Å². The Hall–Kier alpha value is -3.27. The van der Waals surface area contributed by atoms with Gasteiger partial charge in [-0.3, -0.25) is 0 Å². The summed E-state index contributed by atoms with van der Waals surface area (Å²) in [4.78, 5) is 4.17. The van der Waals surface area contributed by atoms with Gasteiger partial charge < -0.3 is 14.6 Å². The van der Waals surface area contributed by atoms with Gasteiger partial charge in [0.2, 0.25) is 5.88 Å². The van der Waals surface area contributed by atoms with E-state index in [0.29, 0.717) is 5.92 Å². The lowest BCUT2D eigenvalue weighted by molar-refractivity contribution is -0.137. The molecular weight excluding hydrogens is 512 g/mol. The lowest BCUT2D eigenvalue weighted by Gasteiger charge is -2.19. The summed E-state index contributed by atoms with van der Waals surface area (Å²) in [6.45, 7) is 4.56. The van der Waals surface area contributed by atoms with Crippen molar-refractivity contribution in [2.75, 3.05) is 6.61 Å². The summed E-state index contributed by atoms with van der Waals surface area (Å²) in [7, 11) is 0. The molecule has 0 unspecified atom stereocenters. The molecule has 1 aromatic heterocycles. The molecular formula is C28H27F6NO3. The van der Waals surface area contributed by atoms with Gasteiger partial charge in [-0.2, -0.15) is 13.2 Å². The lowest BCUT2D eigenvalue weighted by atomic mass is 9.95. The number of hydrogen-bond acceptors (Lipinski definition) is 4. The van der Waals surface area contributed by atoms with E-state index in [1.54, 1.807) is 12.3 Å². The number of rotatable bonds is 8. The van der Waals surface area contributed by atoms with Gasteiger partial charge in [0, 0.05) is 41.9 Å². The minimum absolute atomic E-state index is 0.0802. The van der Waals surface area contributed by atoms with E-state index < -0.39 is 52.5 Å². The summed E-state index contributed by atoms with van der Waals surface area (Å²) in [5.41, 5.74) is -2.68. The second-order valence-corrected chi connectivity index (χ2v) is 10.3. The van der Waals surface area contributed by atoms with E-state index in [1.165, 1.54) is 13.8 Å². The number of nitrogens with zero attached hydrogens (tertiary/aromatic N) is 1. The van der Waals surface area contributed by atoms with E-state index in [9.17, 15) is 31.4 Å². The van der Waals surface area contributed by atoms with Gasteiger partial charge in [0.1, 0.15) is 29.8 Å². The molecule has 3 aromatic rings. The van der Waals surface area contributed by atoms with Crippen LogP contribution in [0.15, 0.2) is 36.5 Å². The maximum Gasteiger partial charge on any atom is 0.417 e. The molecule has 0 spiro atoms. The van der Waals surface area contributed by atoms with Crippen LogP contribution in [0.25, 0.3) is 11.1 Å². The number of halogens is 6. The predicted molar refractivity (Wildman–Crippen MR) is 128 cm³/mol. The van der Waals surface area contributed by atoms with Crippen LogP contribution in [0.1, 0.15) is 49.4 Å². The Morgan fingerprint density at radius 2 is 1.58 bits per heavy atom. The molecule has 1 heterocycles. The Labute approximate surface area is 216 Å². The monoisotopic (exact) mass is 539 g/mol. The molecule has 0 aliphatic heterocycles. The average molecular weight is 540 g/mol. The van der Waals surface area contributed by atoms with E-state index in [2.05, 4.69) is 11.9 Å². The fourth-order valence-corrected chi connectivity index (χ4v) is 4.41. The minimum Gasteiger partial charge on any atom is -0.493 e. The number of aromatic nitrogens is 1. The summed E-state index contributed by atoms with van der Waals surface area (Å²) >= 11 is 0. The fraction of sp³-hybridized carbons (Fsp3) is 0.393. The van der Waals surface area contributed by atoms with Crippen LogP contribution in [0.4, 0.5) is 26.3 Å². The van der Waals surface area contributed by atoms with Crippen molar-refractivity contribution in [1.82, 2.24) is 4.98 Å². The van der Waals surface area contributed by atoms with Gasteiger partial charge in [0.05, 0.1) is 23.3 Å². The molecule has 0 saturated heterocycles. The first-order valence-electron chi connectivity index (χ1n) is 12.1. The second kappa shape index (κ2) is 10.5. The predicted octanol–water partition coefficient (Wildman–Crippen LogP) is 7.04. The molecule has 1 aliphatic rings. The average Bonchev–Trinajstić information content (AvgIpc) is 3.16. The van der Waals surface area contributed by atoms with Gasteiger partial charge in [0.25, 0.3) is 0 Å². The van der Waals surface area contributed by atoms with Crippen molar-refractivity contribution in [3.8, 4) is 22.8 Å². The maximum atomic E-state index is 15.0. The molecule has 2 aromatic carbocycles. The third kappa shape index (κ3) is 6.40. The number of aliphatic hydroxyl groups is 1. The second-order valence-electron chi connectivity index (χ2n) is 10.3. The SMILES string of the molecule is C[C@@H]1Cc2cnc(OCc3cc(-c4c(F)cc(OCCC(C)(C)O)cc4F)c(C(F)(F)F)cc3F)cc2C1. The molecule has 0 radical (unpaired) electrons. The fourth-order valence-electron chi connectivity index (χ4n) is 4.41. The van der Waals surface area contributed by atoms with Crippen molar-refractivity contribution in [2.24, 2.45) is 5.92 Å². The van der Waals surface area contributed by atoms with Crippen molar-refractivity contribution in [3.05, 3.63) is 76.2 Å². The molecule has 1 N–H and O–H groups in total. The Kier molecular flexibility index (Phi) is 7.65. The Morgan fingerprint density at radius 3 is 2.21 bits per heavy atom. The van der Waals surface area contributed by atoms with Crippen LogP contribution >= 0.6 is 0 Å². The zero-order chi connectivity index (χ0) is 27.8. The van der Waals surface area contributed by atoms with Gasteiger partial charge in [-0.05, 0) is 55.9 Å². The van der Waals surface area contributed by atoms with Gasteiger partial charge in [-0.15, -0.1) is 0 Å². The third-order valence-electron chi connectivity index (χ3n) is 6.33. The van der Waals surface area contributed by atoms with Crippen LogP contribution in [-0.4, -0.2) is 22.3 Å². The molecule has 38 heavy (non-hydrogen) atoms. The van der Waals surface area contributed by atoms with Gasteiger partial charge in [0.15, 0.2) is 0 Å². The Balaban J connectivity index is 1.65. The van der Waals surface area contributed by atoms with Gasteiger partial charge in [-0.25, -0.2) is 18.2 Å².